The lowest BCUT2D eigenvalue weighted by Crippen LogP contribution is -2.34. The minimum atomic E-state index is -2.76. The van der Waals surface area contributed by atoms with Crippen LogP contribution >= 0.6 is 0 Å². The zero-order valence-corrected chi connectivity index (χ0v) is 16.4. The first-order valence-corrected chi connectivity index (χ1v) is 9.50. The Morgan fingerprint density at radius 1 is 1.10 bits per heavy atom. The lowest BCUT2D eigenvalue weighted by molar-refractivity contribution is 0.0781. The molecule has 3 aromatic rings. The highest BCUT2D eigenvalue weighted by atomic mass is 19.3. The molecule has 0 aliphatic carbocycles. The fraction of sp³-hybridized carbons (Fsp3) is 0.273. The van der Waals surface area contributed by atoms with E-state index in [1.54, 1.807) is 37.2 Å². The molecule has 0 saturated carbocycles. The van der Waals surface area contributed by atoms with Gasteiger partial charge < -0.3 is 4.90 Å². The molecule has 1 aliphatic heterocycles. The third-order valence-electron chi connectivity index (χ3n) is 5.44. The summed E-state index contributed by atoms with van der Waals surface area (Å²) in [6.07, 6.45) is 0.970. The number of rotatable bonds is 4. The van der Waals surface area contributed by atoms with Crippen LogP contribution in [0.4, 0.5) is 13.2 Å². The molecule has 30 heavy (non-hydrogen) atoms. The molecule has 0 spiro atoms. The van der Waals surface area contributed by atoms with Gasteiger partial charge in [-0.05, 0) is 53.4 Å². The zero-order valence-electron chi connectivity index (χ0n) is 16.4. The van der Waals surface area contributed by atoms with Crippen molar-refractivity contribution in [2.45, 2.75) is 25.7 Å². The summed E-state index contributed by atoms with van der Waals surface area (Å²) in [5, 5.41) is 8.21. The van der Waals surface area contributed by atoms with Crippen molar-refractivity contribution in [3.05, 3.63) is 76.4 Å². The summed E-state index contributed by atoms with van der Waals surface area (Å²) in [7, 11) is 1.75. The van der Waals surface area contributed by atoms with E-state index in [0.717, 1.165) is 11.6 Å². The number of carbonyl (C=O) groups excluding carboxylic acids is 1. The number of carbonyl (C=O) groups is 1. The normalized spacial score (nSPS) is 14.7. The summed E-state index contributed by atoms with van der Waals surface area (Å²) < 4.78 is 40.0. The van der Waals surface area contributed by atoms with Crippen molar-refractivity contribution in [2.24, 2.45) is 0 Å². The number of benzene rings is 1. The van der Waals surface area contributed by atoms with Crippen LogP contribution in [0.1, 0.15) is 51.9 Å². The van der Waals surface area contributed by atoms with Crippen LogP contribution in [0.2, 0.25) is 0 Å². The van der Waals surface area contributed by atoms with E-state index in [4.69, 9.17) is 0 Å². The minimum Gasteiger partial charge on any atom is -0.341 e. The van der Waals surface area contributed by atoms with Gasteiger partial charge in [-0.25, -0.2) is 13.2 Å². The minimum absolute atomic E-state index is 0.0725. The number of hydrogen-bond acceptors (Lipinski definition) is 4. The van der Waals surface area contributed by atoms with Crippen molar-refractivity contribution in [2.75, 3.05) is 13.6 Å². The van der Waals surface area contributed by atoms with Crippen molar-refractivity contribution < 1.29 is 18.0 Å². The second-order valence-electron chi connectivity index (χ2n) is 7.38. The van der Waals surface area contributed by atoms with Crippen molar-refractivity contribution in [1.29, 1.82) is 0 Å². The van der Waals surface area contributed by atoms with Gasteiger partial charge in [0.05, 0.1) is 11.9 Å². The van der Waals surface area contributed by atoms with E-state index in [1.165, 1.54) is 18.3 Å². The molecule has 2 aromatic heterocycles. The maximum absolute atomic E-state index is 13.9. The lowest BCUT2D eigenvalue weighted by Gasteiger charge is -2.25. The van der Waals surface area contributed by atoms with Gasteiger partial charge in [0.2, 0.25) is 0 Å². The number of halogens is 3. The molecule has 0 radical (unpaired) electrons. The molecular formula is C22H19F3N4O. The molecular weight excluding hydrogens is 393 g/mol. The third-order valence-corrected chi connectivity index (χ3v) is 5.44. The average Bonchev–Trinajstić information content (AvgIpc) is 2.75. The molecule has 1 atom stereocenters. The molecule has 0 N–H and O–H groups in total. The monoisotopic (exact) mass is 412 g/mol. The highest BCUT2D eigenvalue weighted by Crippen LogP contribution is 2.32. The number of pyridine rings is 1. The van der Waals surface area contributed by atoms with E-state index in [2.05, 4.69) is 15.2 Å². The largest absolute Gasteiger partial charge is 0.341 e. The van der Waals surface area contributed by atoms with Gasteiger partial charge in [-0.2, -0.15) is 5.10 Å². The summed E-state index contributed by atoms with van der Waals surface area (Å²) >= 11 is 0. The molecule has 1 aromatic carbocycles. The molecule has 0 fully saturated rings. The fourth-order valence-electron chi connectivity index (χ4n) is 3.69. The van der Waals surface area contributed by atoms with Crippen LogP contribution in [0.25, 0.3) is 11.4 Å². The predicted octanol–water partition coefficient (Wildman–Crippen LogP) is 4.40. The molecule has 8 heteroatoms. The first-order chi connectivity index (χ1) is 14.3. The summed E-state index contributed by atoms with van der Waals surface area (Å²) in [5.74, 6) is -1.17. The van der Waals surface area contributed by atoms with Gasteiger partial charge in [0.1, 0.15) is 11.5 Å². The van der Waals surface area contributed by atoms with Crippen LogP contribution in [0, 0.1) is 5.82 Å². The van der Waals surface area contributed by atoms with Crippen molar-refractivity contribution in [3.8, 4) is 11.4 Å². The standard InChI is InChI=1S/C22H19F3N4O/c1-12(13-7-14(21(24)25)9-16(23)8-13)15-10-19(28-27-11-15)20-17-4-6-29(2)22(30)18(17)3-5-26-20/h3,5,7-12,21H,4,6H2,1-2H3. The summed E-state index contributed by atoms with van der Waals surface area (Å²) in [5.41, 5.74) is 3.20. The van der Waals surface area contributed by atoms with Gasteiger partial charge in [-0.1, -0.05) is 6.92 Å². The van der Waals surface area contributed by atoms with Gasteiger partial charge in [0.15, 0.2) is 0 Å². The molecule has 5 nitrogen and oxygen atoms in total. The van der Waals surface area contributed by atoms with Gasteiger partial charge in [-0.15, -0.1) is 5.10 Å². The fourth-order valence-corrected chi connectivity index (χ4v) is 3.69. The Balaban J connectivity index is 1.74. The highest BCUT2D eigenvalue weighted by Gasteiger charge is 2.25. The molecule has 1 aliphatic rings. The maximum Gasteiger partial charge on any atom is 0.263 e. The number of amides is 1. The number of likely N-dealkylation sites (N-methyl/N-ethyl adjacent to an activating group) is 1. The maximum atomic E-state index is 13.9. The van der Waals surface area contributed by atoms with Crippen LogP contribution < -0.4 is 0 Å². The highest BCUT2D eigenvalue weighted by molar-refractivity contribution is 5.98. The van der Waals surface area contributed by atoms with Crippen LogP contribution in [-0.4, -0.2) is 39.6 Å². The molecule has 4 rings (SSSR count). The Morgan fingerprint density at radius 3 is 2.63 bits per heavy atom. The average molecular weight is 412 g/mol. The van der Waals surface area contributed by atoms with E-state index in [0.29, 0.717) is 41.0 Å². The van der Waals surface area contributed by atoms with Crippen LogP contribution in [-0.2, 0) is 6.42 Å². The van der Waals surface area contributed by atoms with E-state index < -0.39 is 12.2 Å². The van der Waals surface area contributed by atoms with Crippen molar-refractivity contribution in [1.82, 2.24) is 20.1 Å². The lowest BCUT2D eigenvalue weighted by atomic mass is 9.91. The van der Waals surface area contributed by atoms with Crippen molar-refractivity contribution >= 4 is 5.91 Å². The summed E-state index contributed by atoms with van der Waals surface area (Å²) in [4.78, 5) is 18.5. The summed E-state index contributed by atoms with van der Waals surface area (Å²) in [6.45, 7) is 2.37. The van der Waals surface area contributed by atoms with Gasteiger partial charge >= 0.3 is 0 Å². The number of hydrogen-bond donors (Lipinski definition) is 0. The molecule has 3 heterocycles. The van der Waals surface area contributed by atoms with Gasteiger partial charge in [-0.3, -0.25) is 9.78 Å². The number of fused-ring (bicyclic) bond motifs is 1. The van der Waals surface area contributed by atoms with Crippen LogP contribution in [0.3, 0.4) is 0 Å². The van der Waals surface area contributed by atoms with E-state index in [-0.39, 0.29) is 17.4 Å². The van der Waals surface area contributed by atoms with Crippen molar-refractivity contribution in [3.63, 3.8) is 0 Å². The summed E-state index contributed by atoms with van der Waals surface area (Å²) in [6, 6.07) is 6.83. The second kappa shape index (κ2) is 7.85. The van der Waals surface area contributed by atoms with Gasteiger partial charge in [0, 0.05) is 36.8 Å². The molecule has 0 saturated heterocycles. The Bertz CT molecular complexity index is 1120. The predicted molar refractivity (Wildman–Crippen MR) is 105 cm³/mol. The zero-order chi connectivity index (χ0) is 21.4. The van der Waals surface area contributed by atoms with Crippen LogP contribution in [0.15, 0.2) is 42.7 Å². The number of alkyl halides is 2. The Hall–Kier alpha value is -3.29. The SMILES string of the molecule is CC(c1cc(F)cc(C(F)F)c1)c1cnnc(-c2nccc3c2CCN(C)C3=O)c1. The molecule has 1 unspecified atom stereocenters. The quantitative estimate of drug-likeness (QED) is 0.638. The van der Waals surface area contributed by atoms with Crippen LogP contribution in [0.5, 0.6) is 0 Å². The van der Waals surface area contributed by atoms with Gasteiger partial charge in [0.25, 0.3) is 12.3 Å². The first kappa shape index (κ1) is 20.0. The molecule has 1 amide bonds. The second-order valence-corrected chi connectivity index (χ2v) is 7.38. The molecule has 154 valence electrons. The van der Waals surface area contributed by atoms with E-state index in [9.17, 15) is 18.0 Å². The Kier molecular flexibility index (Phi) is 5.24. The first-order valence-electron chi connectivity index (χ1n) is 9.50. The number of nitrogens with zero attached hydrogens (tertiary/aromatic N) is 4. The van der Waals surface area contributed by atoms with E-state index >= 15 is 0 Å². The topological polar surface area (TPSA) is 59.0 Å². The third kappa shape index (κ3) is 3.65. The smallest absolute Gasteiger partial charge is 0.263 e. The van der Waals surface area contributed by atoms with E-state index in [1.807, 2.05) is 0 Å². The Labute approximate surface area is 171 Å². The number of aromatic nitrogens is 3. The molecule has 0 bridgehead atoms. The Morgan fingerprint density at radius 2 is 1.87 bits per heavy atom.